The summed E-state index contributed by atoms with van der Waals surface area (Å²) >= 11 is 0. The first kappa shape index (κ1) is 12.2. The van der Waals surface area contributed by atoms with Gasteiger partial charge in [-0.05, 0) is 25.1 Å². The van der Waals surface area contributed by atoms with Crippen LogP contribution in [-0.2, 0) is 0 Å². The highest BCUT2D eigenvalue weighted by Crippen LogP contribution is 2.11. The molecule has 0 saturated carbocycles. The van der Waals surface area contributed by atoms with E-state index >= 15 is 0 Å². The molecule has 1 aromatic carbocycles. The summed E-state index contributed by atoms with van der Waals surface area (Å²) < 4.78 is 17.8. The molecule has 0 saturated heterocycles. The summed E-state index contributed by atoms with van der Waals surface area (Å²) in [4.78, 5) is 0. The number of hydrogen-bond acceptors (Lipinski definition) is 2. The summed E-state index contributed by atoms with van der Waals surface area (Å²) in [5.41, 5.74) is 5.27. The van der Waals surface area contributed by atoms with Gasteiger partial charge in [-0.1, -0.05) is 6.07 Å². The minimum atomic E-state index is -0.278. The molecule has 0 aromatic heterocycles. The maximum Gasteiger partial charge on any atom is 0.126 e. The largest absolute Gasteiger partial charge is 0.493 e. The third-order valence-electron chi connectivity index (χ3n) is 1.41. The summed E-state index contributed by atoms with van der Waals surface area (Å²) in [5.74, 6) is 0.281. The predicted molar refractivity (Wildman–Crippen MR) is 52.8 cm³/mol. The highest BCUT2D eigenvalue weighted by molar-refractivity contribution is 5.85. The Kier molecular flexibility index (Phi) is 6.28. The lowest BCUT2D eigenvalue weighted by Crippen LogP contribution is -2.06. The average Bonchev–Trinajstić information content (AvgIpc) is 2.05. The molecular weight excluding hydrogens is 193 g/mol. The minimum absolute atomic E-state index is 0. The van der Waals surface area contributed by atoms with Crippen molar-refractivity contribution in [1.29, 1.82) is 0 Å². The molecule has 0 amide bonds. The molecular formula is C9H13ClFNO. The summed E-state index contributed by atoms with van der Waals surface area (Å²) in [6.07, 6.45) is 0.788. The van der Waals surface area contributed by atoms with Crippen molar-refractivity contribution in [3.63, 3.8) is 0 Å². The van der Waals surface area contributed by atoms with Gasteiger partial charge in [0.1, 0.15) is 11.6 Å². The fraction of sp³-hybridized carbons (Fsp3) is 0.333. The number of halogens is 2. The zero-order chi connectivity index (χ0) is 8.81. The van der Waals surface area contributed by atoms with E-state index in [4.69, 9.17) is 10.5 Å². The molecule has 0 aliphatic heterocycles. The highest BCUT2D eigenvalue weighted by Gasteiger charge is 1.94. The standard InChI is InChI=1S/C9H12FNO.ClH/c10-8-3-1-4-9(7-8)12-6-2-5-11;/h1,3-4,7H,2,5-6,11H2;1H. The second-order valence-electron chi connectivity index (χ2n) is 2.45. The molecule has 0 bridgehead atoms. The molecule has 0 radical (unpaired) electrons. The van der Waals surface area contributed by atoms with E-state index in [-0.39, 0.29) is 18.2 Å². The second kappa shape index (κ2) is 6.69. The summed E-state index contributed by atoms with van der Waals surface area (Å²) in [6, 6.07) is 6.08. The van der Waals surface area contributed by atoms with Crippen LogP contribution in [0.5, 0.6) is 5.75 Å². The molecule has 2 N–H and O–H groups in total. The van der Waals surface area contributed by atoms with Crippen LogP contribution in [0.1, 0.15) is 6.42 Å². The van der Waals surface area contributed by atoms with E-state index in [0.717, 1.165) is 6.42 Å². The molecule has 0 fully saturated rings. The number of nitrogens with two attached hydrogens (primary N) is 1. The van der Waals surface area contributed by atoms with E-state index in [2.05, 4.69) is 0 Å². The third kappa shape index (κ3) is 4.70. The van der Waals surface area contributed by atoms with Gasteiger partial charge >= 0.3 is 0 Å². The van der Waals surface area contributed by atoms with Crippen LogP contribution in [0.2, 0.25) is 0 Å². The first-order chi connectivity index (χ1) is 5.83. The van der Waals surface area contributed by atoms with Crippen LogP contribution in [0.3, 0.4) is 0 Å². The summed E-state index contributed by atoms with van der Waals surface area (Å²) in [6.45, 7) is 1.13. The number of rotatable bonds is 4. The highest BCUT2D eigenvalue weighted by atomic mass is 35.5. The second-order valence-corrected chi connectivity index (χ2v) is 2.45. The van der Waals surface area contributed by atoms with Crippen molar-refractivity contribution in [2.45, 2.75) is 6.42 Å². The van der Waals surface area contributed by atoms with Crippen LogP contribution in [0, 0.1) is 5.82 Å². The van der Waals surface area contributed by atoms with E-state index in [9.17, 15) is 4.39 Å². The van der Waals surface area contributed by atoms with Crippen molar-refractivity contribution < 1.29 is 9.13 Å². The molecule has 0 unspecified atom stereocenters. The van der Waals surface area contributed by atoms with Crippen molar-refractivity contribution in [2.75, 3.05) is 13.2 Å². The Morgan fingerprint density at radius 2 is 2.15 bits per heavy atom. The van der Waals surface area contributed by atoms with Crippen LogP contribution in [0.4, 0.5) is 4.39 Å². The summed E-state index contributed by atoms with van der Waals surface area (Å²) in [5, 5.41) is 0. The van der Waals surface area contributed by atoms with Gasteiger partial charge in [0, 0.05) is 6.07 Å². The van der Waals surface area contributed by atoms with Gasteiger partial charge in [0.2, 0.25) is 0 Å². The van der Waals surface area contributed by atoms with Crippen LogP contribution in [0.15, 0.2) is 24.3 Å². The van der Waals surface area contributed by atoms with Gasteiger partial charge in [0.25, 0.3) is 0 Å². The van der Waals surface area contributed by atoms with Crippen LogP contribution >= 0.6 is 12.4 Å². The van der Waals surface area contributed by atoms with Crippen LogP contribution in [-0.4, -0.2) is 13.2 Å². The molecule has 0 aliphatic rings. The molecule has 74 valence electrons. The van der Waals surface area contributed by atoms with Gasteiger partial charge in [-0.3, -0.25) is 0 Å². The van der Waals surface area contributed by atoms with E-state index < -0.39 is 0 Å². The molecule has 1 aromatic rings. The lowest BCUT2D eigenvalue weighted by molar-refractivity contribution is 0.312. The first-order valence-corrected chi connectivity index (χ1v) is 3.91. The van der Waals surface area contributed by atoms with Crippen molar-refractivity contribution in [2.24, 2.45) is 5.73 Å². The molecule has 0 aliphatic carbocycles. The van der Waals surface area contributed by atoms with E-state index in [1.807, 2.05) is 0 Å². The Bertz CT molecular complexity index is 245. The van der Waals surface area contributed by atoms with Crippen molar-refractivity contribution in [3.05, 3.63) is 30.1 Å². The van der Waals surface area contributed by atoms with Gasteiger partial charge < -0.3 is 10.5 Å². The molecule has 4 heteroatoms. The SMILES string of the molecule is Cl.NCCCOc1cccc(F)c1. The maximum atomic E-state index is 12.6. The van der Waals surface area contributed by atoms with Gasteiger partial charge in [-0.25, -0.2) is 4.39 Å². The Hall–Kier alpha value is -0.800. The lowest BCUT2D eigenvalue weighted by atomic mass is 10.3. The average molecular weight is 206 g/mol. The molecule has 0 spiro atoms. The van der Waals surface area contributed by atoms with Gasteiger partial charge in [0.05, 0.1) is 6.61 Å². The topological polar surface area (TPSA) is 35.2 Å². The minimum Gasteiger partial charge on any atom is -0.493 e. The monoisotopic (exact) mass is 205 g/mol. The van der Waals surface area contributed by atoms with Gasteiger partial charge in [-0.15, -0.1) is 12.4 Å². The van der Waals surface area contributed by atoms with Crippen molar-refractivity contribution >= 4 is 12.4 Å². The molecule has 0 atom stereocenters. The smallest absolute Gasteiger partial charge is 0.126 e. The fourth-order valence-electron chi connectivity index (χ4n) is 0.830. The molecule has 0 heterocycles. The van der Waals surface area contributed by atoms with Crippen molar-refractivity contribution in [1.82, 2.24) is 0 Å². The molecule has 2 nitrogen and oxygen atoms in total. The molecule has 13 heavy (non-hydrogen) atoms. The number of ether oxygens (including phenoxy) is 1. The quantitative estimate of drug-likeness (QED) is 0.763. The van der Waals surface area contributed by atoms with E-state index in [0.29, 0.717) is 18.9 Å². The zero-order valence-electron chi connectivity index (χ0n) is 7.20. The van der Waals surface area contributed by atoms with Gasteiger partial charge in [0.15, 0.2) is 0 Å². The Labute approximate surface area is 83.3 Å². The van der Waals surface area contributed by atoms with Crippen molar-refractivity contribution in [3.8, 4) is 5.75 Å². The maximum absolute atomic E-state index is 12.6. The fourth-order valence-corrected chi connectivity index (χ4v) is 0.830. The summed E-state index contributed by atoms with van der Waals surface area (Å²) in [7, 11) is 0. The first-order valence-electron chi connectivity index (χ1n) is 3.91. The predicted octanol–water partition coefficient (Wildman–Crippen LogP) is 1.98. The Morgan fingerprint density at radius 3 is 2.77 bits per heavy atom. The van der Waals surface area contributed by atoms with Crippen LogP contribution < -0.4 is 10.5 Å². The number of benzene rings is 1. The van der Waals surface area contributed by atoms with Gasteiger partial charge in [-0.2, -0.15) is 0 Å². The lowest BCUT2D eigenvalue weighted by Gasteiger charge is -2.03. The molecule has 1 rings (SSSR count). The Balaban J connectivity index is 0.00000144. The normalized spacial score (nSPS) is 9.08. The van der Waals surface area contributed by atoms with E-state index in [1.165, 1.54) is 12.1 Å². The Morgan fingerprint density at radius 1 is 1.38 bits per heavy atom. The van der Waals surface area contributed by atoms with Crippen LogP contribution in [0.25, 0.3) is 0 Å². The zero-order valence-corrected chi connectivity index (χ0v) is 8.02. The van der Waals surface area contributed by atoms with E-state index in [1.54, 1.807) is 12.1 Å². The third-order valence-corrected chi connectivity index (χ3v) is 1.41. The number of hydrogen-bond donors (Lipinski definition) is 1.